The maximum absolute atomic E-state index is 8.37. The van der Waals surface area contributed by atoms with Crippen LogP contribution in [0.15, 0.2) is 18.2 Å². The highest BCUT2D eigenvalue weighted by Crippen LogP contribution is 2.21. The molecule has 0 amide bonds. The van der Waals surface area contributed by atoms with Crippen molar-refractivity contribution < 1.29 is 4.74 Å². The molecule has 2 nitrogen and oxygen atoms in total. The summed E-state index contributed by atoms with van der Waals surface area (Å²) in [5, 5.41) is 8.37. The largest absolute Gasteiger partial charge is 0.493 e. The molecule has 0 heterocycles. The van der Waals surface area contributed by atoms with Crippen LogP contribution in [0.25, 0.3) is 0 Å². The lowest BCUT2D eigenvalue weighted by molar-refractivity contribution is 0.310. The van der Waals surface area contributed by atoms with Gasteiger partial charge in [-0.05, 0) is 19.4 Å². The Hall–Kier alpha value is -1.20. The Morgan fingerprint density at radius 3 is 2.93 bits per heavy atom. The summed E-state index contributed by atoms with van der Waals surface area (Å²) in [5.41, 5.74) is 2.18. The van der Waals surface area contributed by atoms with E-state index in [0.717, 1.165) is 17.7 Å². The number of hydrogen-bond donors (Lipinski definition) is 0. The van der Waals surface area contributed by atoms with Gasteiger partial charge in [0.2, 0.25) is 0 Å². The van der Waals surface area contributed by atoms with Gasteiger partial charge >= 0.3 is 0 Å². The molecule has 1 rings (SSSR count). The molecule has 0 spiro atoms. The van der Waals surface area contributed by atoms with Crippen molar-refractivity contribution in [2.45, 2.75) is 25.6 Å². The molecule has 3 heteroatoms. The maximum atomic E-state index is 8.37. The molecule has 0 aliphatic rings. The minimum atomic E-state index is 0.454. The average Bonchev–Trinajstić information content (AvgIpc) is 2.26. The average molecular weight is 224 g/mol. The third kappa shape index (κ3) is 3.81. The van der Waals surface area contributed by atoms with Crippen LogP contribution in [0, 0.1) is 18.3 Å². The second-order valence-corrected chi connectivity index (χ2v) is 3.62. The predicted octanol–water partition coefficient (Wildman–Crippen LogP) is 3.42. The van der Waals surface area contributed by atoms with E-state index in [1.165, 1.54) is 5.56 Å². The molecule has 0 saturated carbocycles. The topological polar surface area (TPSA) is 33.0 Å². The number of ether oxygens (including phenoxy) is 1. The van der Waals surface area contributed by atoms with Crippen LogP contribution in [0.2, 0.25) is 0 Å². The maximum Gasteiger partial charge on any atom is 0.123 e. The van der Waals surface area contributed by atoms with Gasteiger partial charge < -0.3 is 4.74 Å². The second-order valence-electron chi connectivity index (χ2n) is 3.35. The van der Waals surface area contributed by atoms with Gasteiger partial charge in [0, 0.05) is 12.0 Å². The minimum Gasteiger partial charge on any atom is -0.493 e. The van der Waals surface area contributed by atoms with Crippen molar-refractivity contribution >= 4 is 11.6 Å². The predicted molar refractivity (Wildman–Crippen MR) is 61.1 cm³/mol. The van der Waals surface area contributed by atoms with Crippen molar-refractivity contribution in [3.8, 4) is 11.8 Å². The fourth-order valence-electron chi connectivity index (χ4n) is 1.29. The van der Waals surface area contributed by atoms with E-state index in [-0.39, 0.29) is 0 Å². The Kier molecular flexibility index (Phi) is 5.00. The highest BCUT2D eigenvalue weighted by molar-refractivity contribution is 6.17. The number of nitrogens with zero attached hydrogens (tertiary/aromatic N) is 1. The van der Waals surface area contributed by atoms with Crippen LogP contribution in [-0.4, -0.2) is 6.61 Å². The van der Waals surface area contributed by atoms with Gasteiger partial charge in [0.25, 0.3) is 0 Å². The SMILES string of the molecule is Cc1ccc(OCCCC#N)c(CCl)c1. The van der Waals surface area contributed by atoms with E-state index in [4.69, 9.17) is 21.6 Å². The van der Waals surface area contributed by atoms with Gasteiger partial charge in [0.15, 0.2) is 0 Å². The Bertz CT molecular complexity index is 357. The first-order valence-corrected chi connectivity index (χ1v) is 5.46. The molecule has 0 aromatic heterocycles. The van der Waals surface area contributed by atoms with Crippen LogP contribution in [-0.2, 0) is 5.88 Å². The van der Waals surface area contributed by atoms with E-state index in [9.17, 15) is 0 Å². The zero-order valence-corrected chi connectivity index (χ0v) is 9.55. The highest BCUT2D eigenvalue weighted by atomic mass is 35.5. The first-order valence-electron chi connectivity index (χ1n) is 4.93. The Labute approximate surface area is 95.4 Å². The van der Waals surface area contributed by atoms with E-state index in [2.05, 4.69) is 6.07 Å². The molecule has 0 unspecified atom stereocenters. The van der Waals surface area contributed by atoms with Crippen molar-refractivity contribution in [1.82, 2.24) is 0 Å². The molecule has 15 heavy (non-hydrogen) atoms. The van der Waals surface area contributed by atoms with Gasteiger partial charge in [-0.3, -0.25) is 0 Å². The molecule has 1 aromatic carbocycles. The lowest BCUT2D eigenvalue weighted by atomic mass is 10.1. The summed E-state index contributed by atoms with van der Waals surface area (Å²) in [4.78, 5) is 0. The fourth-order valence-corrected chi connectivity index (χ4v) is 1.50. The molecule has 0 aliphatic heterocycles. The molecular formula is C12H14ClNO. The van der Waals surface area contributed by atoms with Gasteiger partial charge in [-0.2, -0.15) is 5.26 Å². The molecule has 0 aliphatic carbocycles. The molecule has 0 bridgehead atoms. The molecule has 0 atom stereocenters. The number of aryl methyl sites for hydroxylation is 1. The molecule has 0 saturated heterocycles. The number of alkyl halides is 1. The van der Waals surface area contributed by atoms with E-state index in [1.807, 2.05) is 25.1 Å². The first-order chi connectivity index (χ1) is 7.27. The molecule has 0 radical (unpaired) electrons. The van der Waals surface area contributed by atoms with Crippen molar-refractivity contribution in [2.75, 3.05) is 6.61 Å². The van der Waals surface area contributed by atoms with Gasteiger partial charge in [-0.15, -0.1) is 11.6 Å². The molecule has 80 valence electrons. The Morgan fingerprint density at radius 2 is 2.27 bits per heavy atom. The minimum absolute atomic E-state index is 0.454. The second kappa shape index (κ2) is 6.31. The first kappa shape index (κ1) is 11.9. The summed E-state index contributed by atoms with van der Waals surface area (Å²) in [6.45, 7) is 2.59. The quantitative estimate of drug-likeness (QED) is 0.566. The van der Waals surface area contributed by atoms with E-state index in [1.54, 1.807) is 0 Å². The van der Waals surface area contributed by atoms with Gasteiger partial charge in [-0.1, -0.05) is 17.7 Å². The monoisotopic (exact) mass is 223 g/mol. The number of nitriles is 1. The number of halogens is 1. The van der Waals surface area contributed by atoms with Crippen LogP contribution >= 0.6 is 11.6 Å². The molecule has 0 N–H and O–H groups in total. The molecule has 1 aromatic rings. The van der Waals surface area contributed by atoms with Crippen molar-refractivity contribution in [1.29, 1.82) is 5.26 Å². The van der Waals surface area contributed by atoms with Gasteiger partial charge in [0.05, 0.1) is 18.6 Å². The van der Waals surface area contributed by atoms with Crippen molar-refractivity contribution in [3.05, 3.63) is 29.3 Å². The number of hydrogen-bond acceptors (Lipinski definition) is 2. The number of unbranched alkanes of at least 4 members (excludes halogenated alkanes) is 1. The zero-order valence-electron chi connectivity index (χ0n) is 8.79. The van der Waals surface area contributed by atoms with Gasteiger partial charge in [-0.25, -0.2) is 0 Å². The van der Waals surface area contributed by atoms with Crippen LogP contribution in [0.4, 0.5) is 0 Å². The van der Waals surface area contributed by atoms with E-state index >= 15 is 0 Å². The van der Waals surface area contributed by atoms with Crippen molar-refractivity contribution in [2.24, 2.45) is 0 Å². The van der Waals surface area contributed by atoms with E-state index < -0.39 is 0 Å². The summed E-state index contributed by atoms with van der Waals surface area (Å²) >= 11 is 5.81. The third-order valence-corrected chi connectivity index (χ3v) is 2.34. The summed E-state index contributed by atoms with van der Waals surface area (Å²) in [6, 6.07) is 8.03. The van der Waals surface area contributed by atoms with Crippen molar-refractivity contribution in [3.63, 3.8) is 0 Å². The van der Waals surface area contributed by atoms with Crippen LogP contribution in [0.5, 0.6) is 5.75 Å². The lowest BCUT2D eigenvalue weighted by Gasteiger charge is -2.09. The zero-order chi connectivity index (χ0) is 11.1. The van der Waals surface area contributed by atoms with E-state index in [0.29, 0.717) is 18.9 Å². The fraction of sp³-hybridized carbons (Fsp3) is 0.417. The Morgan fingerprint density at radius 1 is 1.47 bits per heavy atom. The summed E-state index contributed by atoms with van der Waals surface area (Å²) in [5.74, 6) is 1.28. The summed E-state index contributed by atoms with van der Waals surface area (Å²) < 4.78 is 5.55. The van der Waals surface area contributed by atoms with Crippen LogP contribution in [0.3, 0.4) is 0 Å². The standard InChI is InChI=1S/C12H14ClNO/c1-10-4-5-12(11(8-10)9-13)15-7-3-2-6-14/h4-5,8H,2-3,7,9H2,1H3. The summed E-state index contributed by atoms with van der Waals surface area (Å²) in [7, 11) is 0. The third-order valence-electron chi connectivity index (χ3n) is 2.05. The van der Waals surface area contributed by atoms with Crippen LogP contribution < -0.4 is 4.74 Å². The molecule has 0 fully saturated rings. The Balaban J connectivity index is 2.57. The smallest absolute Gasteiger partial charge is 0.123 e. The van der Waals surface area contributed by atoms with Crippen LogP contribution in [0.1, 0.15) is 24.0 Å². The van der Waals surface area contributed by atoms with Gasteiger partial charge in [0.1, 0.15) is 5.75 Å². The number of rotatable bonds is 5. The highest BCUT2D eigenvalue weighted by Gasteiger charge is 2.02. The normalized spacial score (nSPS) is 9.67. The number of benzene rings is 1. The lowest BCUT2D eigenvalue weighted by Crippen LogP contribution is -1.99. The molecular weight excluding hydrogens is 210 g/mol. The summed E-state index contributed by atoms with van der Waals surface area (Å²) in [6.07, 6.45) is 1.29.